The smallest absolute Gasteiger partial charge is 0.387 e. The Morgan fingerprint density at radius 3 is 2.60 bits per heavy atom. The number of ketones is 1. The summed E-state index contributed by atoms with van der Waals surface area (Å²) in [6.07, 6.45) is 2.20. The monoisotopic (exact) mass is 343 g/mol. The van der Waals surface area contributed by atoms with Gasteiger partial charge in [0.2, 0.25) is 0 Å². The maximum Gasteiger partial charge on any atom is 0.387 e. The van der Waals surface area contributed by atoms with Gasteiger partial charge in [0.05, 0.1) is 0 Å². The molecule has 0 unspecified atom stereocenters. The molecule has 0 bridgehead atoms. The minimum atomic E-state index is -2.86. The topological polar surface area (TPSA) is 38.3 Å². The van der Waals surface area contributed by atoms with Gasteiger partial charge < -0.3 is 10.1 Å². The third kappa shape index (κ3) is 4.05. The molecule has 3 rings (SSSR count). The summed E-state index contributed by atoms with van der Waals surface area (Å²) in [4.78, 5) is 12.5. The zero-order chi connectivity index (χ0) is 18.0. The van der Waals surface area contributed by atoms with Crippen LogP contribution in [0.1, 0.15) is 35.3 Å². The highest BCUT2D eigenvalue weighted by Crippen LogP contribution is 2.32. The molecule has 25 heavy (non-hydrogen) atoms. The van der Waals surface area contributed by atoms with E-state index in [0.717, 1.165) is 11.1 Å². The highest BCUT2D eigenvalue weighted by molar-refractivity contribution is 6.08. The van der Waals surface area contributed by atoms with Gasteiger partial charge in [0.1, 0.15) is 5.75 Å². The van der Waals surface area contributed by atoms with Crippen molar-refractivity contribution in [3.63, 3.8) is 0 Å². The van der Waals surface area contributed by atoms with E-state index in [-0.39, 0.29) is 17.1 Å². The van der Waals surface area contributed by atoms with Crippen LogP contribution in [-0.2, 0) is 6.42 Å². The molecule has 0 saturated carbocycles. The summed E-state index contributed by atoms with van der Waals surface area (Å²) in [7, 11) is 0. The van der Waals surface area contributed by atoms with Gasteiger partial charge in [-0.25, -0.2) is 0 Å². The van der Waals surface area contributed by atoms with Crippen molar-refractivity contribution < 1.29 is 18.3 Å². The molecule has 130 valence electrons. The number of hydrogen-bond acceptors (Lipinski definition) is 3. The third-order valence-corrected chi connectivity index (χ3v) is 4.03. The van der Waals surface area contributed by atoms with Gasteiger partial charge in [-0.3, -0.25) is 4.79 Å². The van der Waals surface area contributed by atoms with Crippen LogP contribution in [0, 0.1) is 0 Å². The zero-order valence-electron chi connectivity index (χ0n) is 14.1. The van der Waals surface area contributed by atoms with Crippen LogP contribution in [-0.4, -0.2) is 17.9 Å². The molecule has 5 heteroatoms. The first-order chi connectivity index (χ1) is 11.8. The number of nitrogens with one attached hydrogen (secondary N) is 1. The summed E-state index contributed by atoms with van der Waals surface area (Å²) in [6, 6.07) is 13.8. The number of carbonyl (C=O) groups excluding carboxylic acids is 1. The average molecular weight is 343 g/mol. The molecule has 1 aliphatic rings. The van der Waals surface area contributed by atoms with Crippen molar-refractivity contribution in [2.75, 3.05) is 0 Å². The molecule has 0 spiro atoms. The Morgan fingerprint density at radius 2 is 1.92 bits per heavy atom. The molecule has 1 heterocycles. The third-order valence-electron chi connectivity index (χ3n) is 4.03. The number of allylic oxidation sites excluding steroid dienone is 1. The van der Waals surface area contributed by atoms with Gasteiger partial charge >= 0.3 is 6.61 Å². The van der Waals surface area contributed by atoms with Gasteiger partial charge in [0.25, 0.3) is 0 Å². The van der Waals surface area contributed by atoms with Gasteiger partial charge in [0.15, 0.2) is 5.78 Å². The molecule has 0 amide bonds. The molecule has 2 aromatic rings. The van der Waals surface area contributed by atoms with Gasteiger partial charge in [-0.1, -0.05) is 30.3 Å². The quantitative estimate of drug-likeness (QED) is 0.659. The Balaban J connectivity index is 1.99. The SMILES string of the molecule is CC1(C)Cc2cc(OC(F)F)ccc2/C(=C/C(=O)c2ccccc2)N1. The summed E-state index contributed by atoms with van der Waals surface area (Å²) in [5, 5.41) is 3.36. The number of benzene rings is 2. The summed E-state index contributed by atoms with van der Waals surface area (Å²) >= 11 is 0. The van der Waals surface area contributed by atoms with Gasteiger partial charge in [-0.15, -0.1) is 0 Å². The largest absolute Gasteiger partial charge is 0.435 e. The Hall–Kier alpha value is -2.69. The molecule has 0 aliphatic carbocycles. The number of hydrogen-bond donors (Lipinski definition) is 1. The Morgan fingerprint density at radius 1 is 1.20 bits per heavy atom. The number of carbonyl (C=O) groups is 1. The van der Waals surface area contributed by atoms with Crippen LogP contribution in [0.5, 0.6) is 5.75 Å². The van der Waals surface area contributed by atoms with E-state index in [1.165, 1.54) is 6.07 Å². The molecular weight excluding hydrogens is 324 g/mol. The fourth-order valence-electron chi connectivity index (χ4n) is 3.04. The lowest BCUT2D eigenvalue weighted by Gasteiger charge is -2.35. The van der Waals surface area contributed by atoms with Crippen molar-refractivity contribution in [2.24, 2.45) is 0 Å². The Kier molecular flexibility index (Phi) is 4.57. The van der Waals surface area contributed by atoms with Crippen LogP contribution in [0.2, 0.25) is 0 Å². The summed E-state index contributed by atoms with van der Waals surface area (Å²) < 4.78 is 29.4. The van der Waals surface area contributed by atoms with Crippen LogP contribution in [0.4, 0.5) is 8.78 Å². The van der Waals surface area contributed by atoms with E-state index in [9.17, 15) is 13.6 Å². The van der Waals surface area contributed by atoms with Crippen LogP contribution < -0.4 is 10.1 Å². The van der Waals surface area contributed by atoms with E-state index in [2.05, 4.69) is 10.1 Å². The molecule has 0 atom stereocenters. The predicted molar refractivity (Wildman–Crippen MR) is 92.7 cm³/mol. The maximum absolute atomic E-state index is 12.5. The highest BCUT2D eigenvalue weighted by Gasteiger charge is 2.28. The minimum absolute atomic E-state index is 0.111. The van der Waals surface area contributed by atoms with Crippen LogP contribution >= 0.6 is 0 Å². The number of fused-ring (bicyclic) bond motifs is 1. The first-order valence-corrected chi connectivity index (χ1v) is 8.01. The normalized spacial score (nSPS) is 17.1. The molecule has 3 nitrogen and oxygen atoms in total. The van der Waals surface area contributed by atoms with E-state index in [1.54, 1.807) is 30.3 Å². The Labute approximate surface area is 145 Å². The fourth-order valence-corrected chi connectivity index (χ4v) is 3.04. The number of alkyl halides is 2. The van der Waals surface area contributed by atoms with Crippen molar-refractivity contribution in [1.29, 1.82) is 0 Å². The van der Waals surface area contributed by atoms with Crippen LogP contribution in [0.3, 0.4) is 0 Å². The van der Waals surface area contributed by atoms with Crippen molar-refractivity contribution in [3.8, 4) is 5.75 Å². The van der Waals surface area contributed by atoms with E-state index in [1.807, 2.05) is 32.0 Å². The average Bonchev–Trinajstić information content (AvgIpc) is 2.53. The predicted octanol–water partition coefficient (Wildman–Crippen LogP) is 4.44. The molecule has 0 fully saturated rings. The maximum atomic E-state index is 12.5. The first kappa shape index (κ1) is 17.1. The van der Waals surface area contributed by atoms with Crippen molar-refractivity contribution in [3.05, 3.63) is 71.3 Å². The van der Waals surface area contributed by atoms with E-state index in [4.69, 9.17) is 0 Å². The number of halogens is 2. The van der Waals surface area contributed by atoms with Gasteiger partial charge in [-0.2, -0.15) is 8.78 Å². The van der Waals surface area contributed by atoms with E-state index >= 15 is 0 Å². The summed E-state index contributed by atoms with van der Waals surface area (Å²) in [6.45, 7) is 1.14. The van der Waals surface area contributed by atoms with E-state index < -0.39 is 6.61 Å². The van der Waals surface area contributed by atoms with Crippen molar-refractivity contribution in [1.82, 2.24) is 5.32 Å². The van der Waals surface area contributed by atoms with E-state index in [0.29, 0.717) is 17.7 Å². The van der Waals surface area contributed by atoms with Crippen LogP contribution in [0.25, 0.3) is 5.70 Å². The number of ether oxygens (including phenoxy) is 1. The lowest BCUT2D eigenvalue weighted by molar-refractivity contribution is -0.0498. The second kappa shape index (κ2) is 6.67. The highest BCUT2D eigenvalue weighted by atomic mass is 19.3. The zero-order valence-corrected chi connectivity index (χ0v) is 14.1. The summed E-state index contributed by atoms with van der Waals surface area (Å²) in [5.41, 5.74) is 2.67. The van der Waals surface area contributed by atoms with Crippen LogP contribution in [0.15, 0.2) is 54.6 Å². The molecule has 0 aromatic heterocycles. The Bertz CT molecular complexity index is 814. The second-order valence-electron chi connectivity index (χ2n) is 6.67. The molecular formula is C20H19F2NO2. The standard InChI is InChI=1S/C20H19F2NO2/c1-20(2)12-14-10-15(25-19(21)22)8-9-16(14)17(23-20)11-18(24)13-6-4-3-5-7-13/h3-11,19,23H,12H2,1-2H3/b17-11-. The van der Waals surface area contributed by atoms with Gasteiger partial charge in [-0.05, 0) is 44.0 Å². The molecule has 1 N–H and O–H groups in total. The second-order valence-corrected chi connectivity index (χ2v) is 6.67. The first-order valence-electron chi connectivity index (χ1n) is 8.01. The fraction of sp³-hybridized carbons (Fsp3) is 0.250. The van der Waals surface area contributed by atoms with Gasteiger partial charge in [0, 0.05) is 28.4 Å². The van der Waals surface area contributed by atoms with Crippen molar-refractivity contribution >= 4 is 11.5 Å². The lowest BCUT2D eigenvalue weighted by Crippen LogP contribution is -2.43. The molecule has 1 aliphatic heterocycles. The molecule has 0 radical (unpaired) electrons. The molecule has 2 aromatic carbocycles. The van der Waals surface area contributed by atoms with Crippen molar-refractivity contribution in [2.45, 2.75) is 32.4 Å². The minimum Gasteiger partial charge on any atom is -0.435 e. The summed E-state index contributed by atoms with van der Waals surface area (Å²) in [5.74, 6) is 0.0137. The molecule has 0 saturated heterocycles. The number of rotatable bonds is 4. The lowest BCUT2D eigenvalue weighted by atomic mass is 9.85.